The van der Waals surface area contributed by atoms with Crippen LogP contribution in [0.1, 0.15) is 40.0 Å². The maximum absolute atomic E-state index is 11.4. The lowest BCUT2D eigenvalue weighted by Crippen LogP contribution is -2.25. The van der Waals surface area contributed by atoms with Crippen LogP contribution in [0.4, 0.5) is 0 Å². The van der Waals surface area contributed by atoms with E-state index >= 15 is 0 Å². The van der Waals surface area contributed by atoms with Crippen LogP contribution < -0.4 is 0 Å². The van der Waals surface area contributed by atoms with Gasteiger partial charge in [0.25, 0.3) is 0 Å². The van der Waals surface area contributed by atoms with Crippen LogP contribution in [0.15, 0.2) is 0 Å². The molecule has 0 aromatic heterocycles. The number of rotatable bonds is 5. The van der Waals surface area contributed by atoms with Gasteiger partial charge in [0, 0.05) is 12.2 Å². The van der Waals surface area contributed by atoms with Gasteiger partial charge in [-0.25, -0.2) is 0 Å². The standard InChI is InChI=1S/C12H19NO2S/c1-11(2,3)15-10(14)8-16-9-12(4-5-12)6-7-13/h4-6,8-9H2,1-3H3. The van der Waals surface area contributed by atoms with Gasteiger partial charge >= 0.3 is 5.97 Å². The van der Waals surface area contributed by atoms with E-state index in [-0.39, 0.29) is 11.4 Å². The molecule has 1 aliphatic rings. The Kier molecular flexibility index (Phi) is 4.26. The minimum atomic E-state index is -0.401. The lowest BCUT2D eigenvalue weighted by Gasteiger charge is -2.19. The molecule has 0 aliphatic heterocycles. The van der Waals surface area contributed by atoms with Crippen LogP contribution in [0.2, 0.25) is 0 Å². The second-order valence-corrected chi connectivity index (χ2v) is 6.40. The van der Waals surface area contributed by atoms with Gasteiger partial charge in [-0.3, -0.25) is 4.79 Å². The molecule has 0 N–H and O–H groups in total. The highest BCUT2D eigenvalue weighted by Crippen LogP contribution is 2.50. The van der Waals surface area contributed by atoms with Crippen LogP contribution in [-0.2, 0) is 9.53 Å². The Hall–Kier alpha value is -0.690. The summed E-state index contributed by atoms with van der Waals surface area (Å²) in [5.74, 6) is 1.13. The Labute approximate surface area is 102 Å². The lowest BCUT2D eigenvalue weighted by atomic mass is 10.1. The van der Waals surface area contributed by atoms with Gasteiger partial charge in [-0.2, -0.15) is 5.26 Å². The molecule has 0 unspecified atom stereocenters. The van der Waals surface area contributed by atoms with Crippen LogP contribution in [0, 0.1) is 16.7 Å². The molecule has 0 atom stereocenters. The molecule has 1 aliphatic carbocycles. The Balaban J connectivity index is 2.17. The summed E-state index contributed by atoms with van der Waals surface area (Å²) < 4.78 is 5.21. The molecule has 0 radical (unpaired) electrons. The number of hydrogen-bond acceptors (Lipinski definition) is 4. The fourth-order valence-electron chi connectivity index (χ4n) is 1.44. The zero-order valence-corrected chi connectivity index (χ0v) is 11.0. The van der Waals surface area contributed by atoms with Crippen LogP contribution >= 0.6 is 11.8 Å². The molecule has 16 heavy (non-hydrogen) atoms. The first kappa shape index (κ1) is 13.4. The van der Waals surface area contributed by atoms with Crippen molar-refractivity contribution < 1.29 is 9.53 Å². The van der Waals surface area contributed by atoms with E-state index in [1.807, 2.05) is 20.8 Å². The summed E-state index contributed by atoms with van der Waals surface area (Å²) in [6, 6.07) is 2.22. The number of nitriles is 1. The first-order valence-electron chi connectivity index (χ1n) is 5.53. The molecule has 3 nitrogen and oxygen atoms in total. The molecule has 1 fully saturated rings. The van der Waals surface area contributed by atoms with Crippen molar-refractivity contribution in [3.05, 3.63) is 0 Å². The van der Waals surface area contributed by atoms with Crippen LogP contribution in [-0.4, -0.2) is 23.1 Å². The van der Waals surface area contributed by atoms with Gasteiger partial charge in [0.2, 0.25) is 0 Å². The van der Waals surface area contributed by atoms with E-state index in [0.717, 1.165) is 18.6 Å². The van der Waals surface area contributed by atoms with Crippen molar-refractivity contribution in [2.45, 2.75) is 45.6 Å². The van der Waals surface area contributed by atoms with Crippen molar-refractivity contribution in [3.8, 4) is 6.07 Å². The van der Waals surface area contributed by atoms with Gasteiger partial charge in [-0.05, 0) is 39.0 Å². The molecule has 0 saturated heterocycles. The average Bonchev–Trinajstić information content (AvgIpc) is 2.82. The number of thioether (sulfide) groups is 1. The van der Waals surface area contributed by atoms with Crippen LogP contribution in [0.5, 0.6) is 0 Å². The number of nitrogens with zero attached hydrogens (tertiary/aromatic N) is 1. The maximum atomic E-state index is 11.4. The summed E-state index contributed by atoms with van der Waals surface area (Å²) in [5, 5.41) is 8.65. The minimum Gasteiger partial charge on any atom is -0.459 e. The quantitative estimate of drug-likeness (QED) is 0.694. The van der Waals surface area contributed by atoms with E-state index in [2.05, 4.69) is 6.07 Å². The number of esters is 1. The van der Waals surface area contributed by atoms with Crippen LogP contribution in [0.25, 0.3) is 0 Å². The zero-order valence-electron chi connectivity index (χ0n) is 10.2. The highest BCUT2D eigenvalue weighted by atomic mass is 32.2. The Morgan fingerprint density at radius 2 is 2.12 bits per heavy atom. The second-order valence-electron chi connectivity index (χ2n) is 5.41. The molecule has 0 aromatic rings. The fraction of sp³-hybridized carbons (Fsp3) is 0.833. The normalized spacial score (nSPS) is 17.6. The third kappa shape index (κ3) is 4.89. The van der Waals surface area contributed by atoms with E-state index in [0.29, 0.717) is 12.2 Å². The Morgan fingerprint density at radius 3 is 2.56 bits per heavy atom. The predicted octanol–water partition coefficient (Wildman–Crippen LogP) is 2.76. The fourth-order valence-corrected chi connectivity index (χ4v) is 2.59. The van der Waals surface area contributed by atoms with Crippen molar-refractivity contribution in [1.82, 2.24) is 0 Å². The molecule has 0 aromatic carbocycles. The summed E-state index contributed by atoms with van der Waals surface area (Å²) in [5.41, 5.74) is -0.191. The average molecular weight is 241 g/mol. The van der Waals surface area contributed by atoms with Gasteiger partial charge in [0.1, 0.15) is 5.60 Å². The van der Waals surface area contributed by atoms with Crippen molar-refractivity contribution in [1.29, 1.82) is 5.26 Å². The summed E-state index contributed by atoms with van der Waals surface area (Å²) in [6.07, 6.45) is 2.87. The van der Waals surface area contributed by atoms with Gasteiger partial charge in [0.05, 0.1) is 11.8 Å². The molecule has 0 amide bonds. The highest BCUT2D eigenvalue weighted by molar-refractivity contribution is 7.99. The first-order valence-corrected chi connectivity index (χ1v) is 6.69. The summed E-state index contributed by atoms with van der Waals surface area (Å²) in [4.78, 5) is 11.4. The maximum Gasteiger partial charge on any atom is 0.316 e. The van der Waals surface area contributed by atoms with Gasteiger partial charge in [0.15, 0.2) is 0 Å². The minimum absolute atomic E-state index is 0.162. The largest absolute Gasteiger partial charge is 0.459 e. The predicted molar refractivity (Wildman–Crippen MR) is 65.1 cm³/mol. The molecule has 4 heteroatoms. The third-order valence-corrected chi connectivity index (χ3v) is 3.72. The number of ether oxygens (including phenoxy) is 1. The number of carbonyl (C=O) groups excluding carboxylic acids is 1. The van der Waals surface area contributed by atoms with Gasteiger partial charge < -0.3 is 4.74 Å². The SMILES string of the molecule is CC(C)(C)OC(=O)CSCC1(CC#N)CC1. The summed E-state index contributed by atoms with van der Waals surface area (Å²) >= 11 is 1.59. The zero-order chi connectivity index (χ0) is 12.2. The molecule has 0 spiro atoms. The number of carbonyl (C=O) groups is 1. The molecule has 90 valence electrons. The molecule has 1 saturated carbocycles. The highest BCUT2D eigenvalue weighted by Gasteiger charge is 2.42. The molecule has 0 bridgehead atoms. The van der Waals surface area contributed by atoms with Crippen molar-refractivity contribution >= 4 is 17.7 Å². The van der Waals surface area contributed by atoms with Gasteiger partial charge in [-0.15, -0.1) is 11.8 Å². The van der Waals surface area contributed by atoms with Crippen molar-refractivity contribution in [2.75, 3.05) is 11.5 Å². The lowest BCUT2D eigenvalue weighted by molar-refractivity contribution is -0.151. The van der Waals surface area contributed by atoms with E-state index < -0.39 is 5.60 Å². The van der Waals surface area contributed by atoms with E-state index in [9.17, 15) is 4.79 Å². The van der Waals surface area contributed by atoms with Crippen molar-refractivity contribution in [2.24, 2.45) is 5.41 Å². The van der Waals surface area contributed by atoms with Crippen molar-refractivity contribution in [3.63, 3.8) is 0 Å². The van der Waals surface area contributed by atoms with Crippen LogP contribution in [0.3, 0.4) is 0 Å². The Bertz CT molecular complexity index is 297. The molecule has 1 rings (SSSR count). The monoisotopic (exact) mass is 241 g/mol. The Morgan fingerprint density at radius 1 is 1.50 bits per heavy atom. The van der Waals surface area contributed by atoms with Gasteiger partial charge in [-0.1, -0.05) is 0 Å². The third-order valence-electron chi connectivity index (χ3n) is 2.46. The number of hydrogen-bond donors (Lipinski definition) is 0. The van der Waals surface area contributed by atoms with E-state index in [1.54, 1.807) is 11.8 Å². The molecular weight excluding hydrogens is 222 g/mol. The topological polar surface area (TPSA) is 50.1 Å². The molecular formula is C12H19NO2S. The van der Waals surface area contributed by atoms with E-state index in [4.69, 9.17) is 10.00 Å². The van der Waals surface area contributed by atoms with E-state index in [1.165, 1.54) is 0 Å². The smallest absolute Gasteiger partial charge is 0.316 e. The second kappa shape index (κ2) is 5.09. The summed E-state index contributed by atoms with van der Waals surface area (Å²) in [6.45, 7) is 5.61. The first-order chi connectivity index (χ1) is 7.37. The summed E-state index contributed by atoms with van der Waals surface area (Å²) in [7, 11) is 0. The molecule has 0 heterocycles.